The van der Waals surface area contributed by atoms with Gasteiger partial charge in [-0.15, -0.1) is 0 Å². The van der Waals surface area contributed by atoms with E-state index in [1.807, 2.05) is 31.2 Å². The Morgan fingerprint density at radius 3 is 2.86 bits per heavy atom. The molecule has 0 radical (unpaired) electrons. The Balaban J connectivity index is 2.11. The summed E-state index contributed by atoms with van der Waals surface area (Å²) in [5, 5.41) is 3.13. The molecule has 3 aromatic rings. The smallest absolute Gasteiger partial charge is 0.240 e. The van der Waals surface area contributed by atoms with Gasteiger partial charge in [-0.1, -0.05) is 28.1 Å². The number of benzene rings is 1. The van der Waals surface area contributed by atoms with E-state index in [1.165, 1.54) is 0 Å². The molecule has 1 N–H and O–H groups in total. The minimum Gasteiger partial charge on any atom is -0.354 e. The highest BCUT2D eigenvalue weighted by Crippen LogP contribution is 2.21. The summed E-state index contributed by atoms with van der Waals surface area (Å²) >= 11 is 3.46. The Morgan fingerprint density at radius 2 is 2.14 bits per heavy atom. The summed E-state index contributed by atoms with van der Waals surface area (Å²) in [5.74, 6) is 1.70. The zero-order chi connectivity index (χ0) is 14.7. The monoisotopic (exact) mass is 344 g/mol. The first kappa shape index (κ1) is 13.7. The molecular formula is C14H13BrN6. The van der Waals surface area contributed by atoms with Crippen molar-refractivity contribution in [2.45, 2.75) is 6.92 Å². The molecule has 0 bridgehead atoms. The summed E-state index contributed by atoms with van der Waals surface area (Å²) < 4.78 is 2.74. The van der Waals surface area contributed by atoms with Gasteiger partial charge in [-0.2, -0.15) is 15.0 Å². The number of aromatic nitrogens is 5. The molecule has 1 aromatic carbocycles. The van der Waals surface area contributed by atoms with Crippen molar-refractivity contribution in [2.24, 2.45) is 0 Å². The van der Waals surface area contributed by atoms with Crippen LogP contribution in [0.5, 0.6) is 0 Å². The van der Waals surface area contributed by atoms with E-state index in [1.54, 1.807) is 23.3 Å². The second-order valence-electron chi connectivity index (χ2n) is 4.29. The molecular weight excluding hydrogens is 332 g/mol. The Kier molecular flexibility index (Phi) is 3.92. The summed E-state index contributed by atoms with van der Waals surface area (Å²) in [7, 11) is 0. The van der Waals surface area contributed by atoms with Gasteiger partial charge in [0.2, 0.25) is 11.9 Å². The molecule has 106 valence electrons. The number of anilines is 1. The predicted molar refractivity (Wildman–Crippen MR) is 84.2 cm³/mol. The Hall–Kier alpha value is -2.28. The lowest BCUT2D eigenvalue weighted by atomic mass is 10.2. The standard InChI is InChI=1S/C14H13BrN6/c1-2-17-13-18-12(10-4-3-5-11(15)8-10)19-14(20-13)21-7-6-16-9-21/h3-9H,2H2,1H3,(H,17,18,19,20). The first-order valence-corrected chi connectivity index (χ1v) is 7.30. The molecule has 0 aliphatic heterocycles. The molecule has 3 rings (SSSR count). The molecule has 0 aliphatic rings. The van der Waals surface area contributed by atoms with E-state index >= 15 is 0 Å². The lowest BCUT2D eigenvalue weighted by Crippen LogP contribution is -2.09. The topological polar surface area (TPSA) is 68.5 Å². The molecule has 2 heterocycles. The van der Waals surface area contributed by atoms with Crippen LogP contribution in [0.3, 0.4) is 0 Å². The van der Waals surface area contributed by atoms with Gasteiger partial charge in [0.05, 0.1) is 0 Å². The van der Waals surface area contributed by atoms with E-state index in [0.717, 1.165) is 16.6 Å². The normalized spacial score (nSPS) is 10.6. The summed E-state index contributed by atoms with van der Waals surface area (Å²) in [6.07, 6.45) is 5.15. The van der Waals surface area contributed by atoms with Gasteiger partial charge in [-0.3, -0.25) is 4.57 Å². The Bertz CT molecular complexity index is 741. The Labute approximate surface area is 130 Å². The molecule has 0 fully saturated rings. The van der Waals surface area contributed by atoms with Crippen LogP contribution in [-0.2, 0) is 0 Å². The first-order valence-electron chi connectivity index (χ1n) is 6.50. The molecule has 7 heteroatoms. The van der Waals surface area contributed by atoms with Crippen molar-refractivity contribution < 1.29 is 0 Å². The number of rotatable bonds is 4. The fourth-order valence-electron chi connectivity index (χ4n) is 1.85. The molecule has 0 atom stereocenters. The quantitative estimate of drug-likeness (QED) is 0.787. The van der Waals surface area contributed by atoms with Gasteiger partial charge in [0.15, 0.2) is 5.82 Å². The van der Waals surface area contributed by atoms with Crippen LogP contribution in [0.25, 0.3) is 17.3 Å². The average molecular weight is 345 g/mol. The van der Waals surface area contributed by atoms with Crippen LogP contribution >= 0.6 is 15.9 Å². The molecule has 21 heavy (non-hydrogen) atoms. The van der Waals surface area contributed by atoms with E-state index in [4.69, 9.17) is 0 Å². The van der Waals surface area contributed by atoms with Crippen LogP contribution in [-0.4, -0.2) is 31.0 Å². The van der Waals surface area contributed by atoms with Crippen molar-refractivity contribution >= 4 is 21.9 Å². The van der Waals surface area contributed by atoms with Gasteiger partial charge in [0, 0.05) is 29.0 Å². The fourth-order valence-corrected chi connectivity index (χ4v) is 2.25. The zero-order valence-electron chi connectivity index (χ0n) is 11.4. The van der Waals surface area contributed by atoms with Gasteiger partial charge >= 0.3 is 0 Å². The van der Waals surface area contributed by atoms with Crippen LogP contribution in [0.2, 0.25) is 0 Å². The van der Waals surface area contributed by atoms with Crippen molar-refractivity contribution in [3.05, 3.63) is 47.5 Å². The van der Waals surface area contributed by atoms with E-state index in [9.17, 15) is 0 Å². The van der Waals surface area contributed by atoms with Gasteiger partial charge in [-0.25, -0.2) is 4.98 Å². The number of hydrogen-bond donors (Lipinski definition) is 1. The van der Waals surface area contributed by atoms with Gasteiger partial charge in [-0.05, 0) is 19.1 Å². The number of nitrogens with one attached hydrogen (secondary N) is 1. The third-order valence-corrected chi connectivity index (χ3v) is 3.27. The van der Waals surface area contributed by atoms with Crippen LogP contribution < -0.4 is 5.32 Å². The van der Waals surface area contributed by atoms with Crippen LogP contribution in [0.1, 0.15) is 6.92 Å². The molecule has 0 spiro atoms. The third-order valence-electron chi connectivity index (χ3n) is 2.78. The highest BCUT2D eigenvalue weighted by molar-refractivity contribution is 9.10. The largest absolute Gasteiger partial charge is 0.354 e. The summed E-state index contributed by atoms with van der Waals surface area (Å²) in [4.78, 5) is 17.4. The molecule has 2 aromatic heterocycles. The summed E-state index contributed by atoms with van der Waals surface area (Å²) in [6.45, 7) is 2.74. The maximum Gasteiger partial charge on any atom is 0.240 e. The number of imidazole rings is 1. The Morgan fingerprint density at radius 1 is 1.24 bits per heavy atom. The minimum atomic E-state index is 0.536. The number of halogens is 1. The third kappa shape index (κ3) is 3.08. The van der Waals surface area contributed by atoms with Crippen molar-refractivity contribution in [3.8, 4) is 17.3 Å². The molecule has 6 nitrogen and oxygen atoms in total. The highest BCUT2D eigenvalue weighted by atomic mass is 79.9. The highest BCUT2D eigenvalue weighted by Gasteiger charge is 2.09. The second kappa shape index (κ2) is 6.01. The van der Waals surface area contributed by atoms with Gasteiger partial charge in [0.25, 0.3) is 0 Å². The number of nitrogens with zero attached hydrogens (tertiary/aromatic N) is 5. The summed E-state index contributed by atoms with van der Waals surface area (Å²) in [6, 6.07) is 7.86. The first-order chi connectivity index (χ1) is 10.3. The molecule has 0 aliphatic carbocycles. The van der Waals surface area contributed by atoms with Crippen LogP contribution in [0.15, 0.2) is 47.5 Å². The van der Waals surface area contributed by atoms with Crippen molar-refractivity contribution in [1.29, 1.82) is 0 Å². The van der Waals surface area contributed by atoms with E-state index < -0.39 is 0 Å². The molecule has 0 saturated heterocycles. The second-order valence-corrected chi connectivity index (χ2v) is 5.21. The van der Waals surface area contributed by atoms with Gasteiger partial charge in [0.1, 0.15) is 6.33 Å². The van der Waals surface area contributed by atoms with E-state index in [2.05, 4.69) is 41.2 Å². The fraction of sp³-hybridized carbons (Fsp3) is 0.143. The maximum absolute atomic E-state index is 4.51. The van der Waals surface area contributed by atoms with E-state index in [-0.39, 0.29) is 0 Å². The SMILES string of the molecule is CCNc1nc(-c2cccc(Br)c2)nc(-n2ccnc2)n1. The molecule has 0 saturated carbocycles. The van der Waals surface area contributed by atoms with Gasteiger partial charge < -0.3 is 5.32 Å². The zero-order valence-corrected chi connectivity index (χ0v) is 12.9. The minimum absolute atomic E-state index is 0.536. The lowest BCUT2D eigenvalue weighted by Gasteiger charge is -2.08. The molecule has 0 amide bonds. The predicted octanol–water partition coefficient (Wildman–Crippen LogP) is 2.92. The lowest BCUT2D eigenvalue weighted by molar-refractivity contribution is 0.896. The van der Waals surface area contributed by atoms with Crippen molar-refractivity contribution in [3.63, 3.8) is 0 Å². The average Bonchev–Trinajstić information content (AvgIpc) is 3.01. The molecule has 0 unspecified atom stereocenters. The van der Waals surface area contributed by atoms with Crippen molar-refractivity contribution in [1.82, 2.24) is 24.5 Å². The maximum atomic E-state index is 4.51. The van der Waals surface area contributed by atoms with Crippen molar-refractivity contribution in [2.75, 3.05) is 11.9 Å². The van der Waals surface area contributed by atoms with Crippen LogP contribution in [0.4, 0.5) is 5.95 Å². The van der Waals surface area contributed by atoms with Crippen LogP contribution in [0, 0.1) is 0 Å². The summed E-state index contributed by atoms with van der Waals surface area (Å²) in [5.41, 5.74) is 0.923. The van der Waals surface area contributed by atoms with E-state index in [0.29, 0.717) is 17.7 Å². The number of hydrogen-bond acceptors (Lipinski definition) is 5.